The van der Waals surface area contributed by atoms with Gasteiger partial charge in [-0.15, -0.1) is 0 Å². The van der Waals surface area contributed by atoms with Crippen molar-refractivity contribution in [1.29, 1.82) is 0 Å². The molecule has 2 aliphatic heterocycles. The number of carbonyl (C=O) groups excluding carboxylic acids is 1. The van der Waals surface area contributed by atoms with Gasteiger partial charge in [0.2, 0.25) is 5.91 Å². The fraction of sp³-hybridized carbons (Fsp3) is 0.929. The molecule has 0 unspecified atom stereocenters. The second kappa shape index (κ2) is 6.39. The Labute approximate surface area is 120 Å². The van der Waals surface area contributed by atoms with Crippen LogP contribution in [0.1, 0.15) is 26.7 Å². The highest BCUT2D eigenvalue weighted by Gasteiger charge is 2.50. The molecule has 0 bridgehead atoms. The van der Waals surface area contributed by atoms with Crippen molar-refractivity contribution in [2.24, 2.45) is 0 Å². The largest absolute Gasteiger partial charge is 0.388 e. The van der Waals surface area contributed by atoms with E-state index in [0.29, 0.717) is 19.4 Å². The Morgan fingerprint density at radius 3 is 2.65 bits per heavy atom. The van der Waals surface area contributed by atoms with E-state index in [-0.39, 0.29) is 36.4 Å². The van der Waals surface area contributed by atoms with E-state index in [2.05, 4.69) is 5.32 Å². The predicted molar refractivity (Wildman–Crippen MR) is 74.4 cm³/mol. The Hall–Kier alpha value is -0.690. The Morgan fingerprint density at radius 1 is 1.40 bits per heavy atom. The van der Waals surface area contributed by atoms with Gasteiger partial charge in [0.25, 0.3) is 0 Å². The van der Waals surface area contributed by atoms with Crippen LogP contribution in [0, 0.1) is 0 Å². The zero-order valence-electron chi connectivity index (χ0n) is 12.7. The first-order valence-electron chi connectivity index (χ1n) is 7.30. The summed E-state index contributed by atoms with van der Waals surface area (Å²) in [6.45, 7) is 4.54. The first-order valence-corrected chi connectivity index (χ1v) is 7.30. The Kier molecular flexibility index (Phi) is 5.01. The number of rotatable bonds is 5. The maximum absolute atomic E-state index is 11.7. The average Bonchev–Trinajstić information content (AvgIpc) is 2.78. The lowest BCUT2D eigenvalue weighted by molar-refractivity contribution is -0.125. The van der Waals surface area contributed by atoms with E-state index in [0.717, 1.165) is 0 Å². The van der Waals surface area contributed by atoms with Gasteiger partial charge < -0.3 is 24.8 Å². The number of nitrogens with zero attached hydrogens (tertiary/aromatic N) is 1. The Bertz CT molecular complexity index is 348. The summed E-state index contributed by atoms with van der Waals surface area (Å²) in [5, 5.41) is 13.1. The second-order valence-electron chi connectivity index (χ2n) is 6.35. The number of ether oxygens (including phenoxy) is 2. The number of aliphatic hydroxyl groups excluding tert-OH is 1. The molecule has 5 atom stereocenters. The van der Waals surface area contributed by atoms with E-state index in [4.69, 9.17) is 9.47 Å². The van der Waals surface area contributed by atoms with Gasteiger partial charge in [0.15, 0.2) is 0 Å². The Balaban J connectivity index is 1.82. The molecule has 2 N–H and O–H groups in total. The fourth-order valence-electron chi connectivity index (χ4n) is 2.94. The molecule has 2 fully saturated rings. The lowest BCUT2D eigenvalue weighted by atomic mass is 10.1. The quantitative estimate of drug-likeness (QED) is 0.729. The molecular weight excluding hydrogens is 260 g/mol. The van der Waals surface area contributed by atoms with Gasteiger partial charge in [0.05, 0.1) is 24.7 Å². The van der Waals surface area contributed by atoms with Gasteiger partial charge in [-0.2, -0.15) is 0 Å². The minimum Gasteiger partial charge on any atom is -0.388 e. The van der Waals surface area contributed by atoms with Crippen molar-refractivity contribution in [3.8, 4) is 0 Å². The Morgan fingerprint density at radius 2 is 2.10 bits per heavy atom. The summed E-state index contributed by atoms with van der Waals surface area (Å²) >= 11 is 0. The summed E-state index contributed by atoms with van der Waals surface area (Å²) in [5.74, 6) is -0.00990. The van der Waals surface area contributed by atoms with Crippen molar-refractivity contribution in [2.75, 3.05) is 20.6 Å². The van der Waals surface area contributed by atoms with Crippen LogP contribution in [0.3, 0.4) is 0 Å². The molecule has 1 amide bonds. The van der Waals surface area contributed by atoms with Crippen LogP contribution in [0.25, 0.3) is 0 Å². The molecule has 6 heteroatoms. The van der Waals surface area contributed by atoms with Crippen LogP contribution in [0.15, 0.2) is 0 Å². The summed E-state index contributed by atoms with van der Waals surface area (Å²) in [7, 11) is 3.90. The zero-order chi connectivity index (χ0) is 14.9. The maximum atomic E-state index is 11.7. The predicted octanol–water partition coefficient (Wildman–Crippen LogP) is -0.251. The van der Waals surface area contributed by atoms with E-state index < -0.39 is 6.10 Å². The molecule has 0 radical (unpaired) electrons. The van der Waals surface area contributed by atoms with Crippen molar-refractivity contribution in [3.05, 3.63) is 0 Å². The average molecular weight is 286 g/mol. The summed E-state index contributed by atoms with van der Waals surface area (Å²) in [6.07, 6.45) is -0.343. The molecule has 0 aromatic carbocycles. The second-order valence-corrected chi connectivity index (χ2v) is 6.35. The normalized spacial score (nSPS) is 36.6. The number of likely N-dealkylation sites (N-methyl/N-ethyl adjacent to an activating group) is 1. The molecule has 20 heavy (non-hydrogen) atoms. The topological polar surface area (TPSA) is 71.0 Å². The number of aliphatic hydroxyl groups is 1. The molecule has 2 aliphatic rings. The van der Waals surface area contributed by atoms with Crippen molar-refractivity contribution < 1.29 is 19.4 Å². The van der Waals surface area contributed by atoms with Crippen LogP contribution >= 0.6 is 0 Å². The number of hydrogen-bond donors (Lipinski definition) is 2. The molecule has 2 rings (SSSR count). The van der Waals surface area contributed by atoms with Gasteiger partial charge in [-0.3, -0.25) is 4.79 Å². The van der Waals surface area contributed by atoms with Gasteiger partial charge >= 0.3 is 0 Å². The molecule has 2 heterocycles. The van der Waals surface area contributed by atoms with Crippen LogP contribution in [0.4, 0.5) is 0 Å². The van der Waals surface area contributed by atoms with Crippen LogP contribution in [0.2, 0.25) is 0 Å². The third-order valence-electron chi connectivity index (χ3n) is 3.69. The van der Waals surface area contributed by atoms with E-state index in [1.54, 1.807) is 0 Å². The number of nitrogens with one attached hydrogen (secondary N) is 1. The molecule has 0 aromatic rings. The molecular formula is C14H26N2O4. The smallest absolute Gasteiger partial charge is 0.222 e. The highest BCUT2D eigenvalue weighted by Crippen LogP contribution is 2.35. The van der Waals surface area contributed by atoms with Crippen molar-refractivity contribution in [2.45, 2.75) is 63.3 Å². The molecule has 0 spiro atoms. The van der Waals surface area contributed by atoms with Gasteiger partial charge in [0, 0.05) is 19.0 Å². The summed E-state index contributed by atoms with van der Waals surface area (Å²) in [6, 6.07) is 0.134. The molecule has 0 aliphatic carbocycles. The van der Waals surface area contributed by atoms with Crippen molar-refractivity contribution in [1.82, 2.24) is 10.2 Å². The highest BCUT2D eigenvalue weighted by atomic mass is 16.6. The molecule has 116 valence electrons. The summed E-state index contributed by atoms with van der Waals surface area (Å²) in [4.78, 5) is 13.7. The third-order valence-corrected chi connectivity index (χ3v) is 3.69. The molecule has 0 aromatic heterocycles. The van der Waals surface area contributed by atoms with Crippen LogP contribution in [-0.4, -0.2) is 73.1 Å². The minimum atomic E-state index is -0.611. The first kappa shape index (κ1) is 15.7. The lowest BCUT2D eigenvalue weighted by Gasteiger charge is -2.22. The number of fused-ring (bicyclic) bond motifs is 1. The van der Waals surface area contributed by atoms with E-state index in [1.165, 1.54) is 0 Å². The number of amides is 1. The number of carbonyl (C=O) groups is 1. The van der Waals surface area contributed by atoms with Crippen LogP contribution in [0.5, 0.6) is 0 Å². The van der Waals surface area contributed by atoms with E-state index in [1.807, 2.05) is 32.8 Å². The van der Waals surface area contributed by atoms with Gasteiger partial charge in [-0.25, -0.2) is 0 Å². The lowest BCUT2D eigenvalue weighted by Crippen LogP contribution is -2.39. The SMILES string of the molecule is CC(C)NC(=O)C[C@@H]1C[C@H]2O[C@H](CN(C)C)[C@@H](O)[C@H]2O1. The third kappa shape index (κ3) is 3.69. The molecule has 6 nitrogen and oxygen atoms in total. The van der Waals surface area contributed by atoms with E-state index in [9.17, 15) is 9.90 Å². The number of hydrogen-bond acceptors (Lipinski definition) is 5. The van der Waals surface area contributed by atoms with Crippen molar-refractivity contribution in [3.63, 3.8) is 0 Å². The summed E-state index contributed by atoms with van der Waals surface area (Å²) < 4.78 is 11.7. The highest BCUT2D eigenvalue weighted by molar-refractivity contribution is 5.76. The van der Waals surface area contributed by atoms with E-state index >= 15 is 0 Å². The van der Waals surface area contributed by atoms with Crippen LogP contribution < -0.4 is 5.32 Å². The molecule has 0 saturated carbocycles. The minimum absolute atomic E-state index is 0.00990. The standard InChI is InChI=1S/C14H26N2O4/c1-8(2)15-12(17)6-9-5-10-14(19-9)13(18)11(20-10)7-16(3)4/h8-11,13-14,18H,5-7H2,1-4H3,(H,15,17)/t9-,10+,11+,13+,14-/m0/s1. The van der Waals surface area contributed by atoms with Gasteiger partial charge in [0.1, 0.15) is 12.2 Å². The van der Waals surface area contributed by atoms with Crippen molar-refractivity contribution >= 4 is 5.91 Å². The van der Waals surface area contributed by atoms with Gasteiger partial charge in [-0.05, 0) is 27.9 Å². The van der Waals surface area contributed by atoms with Gasteiger partial charge in [-0.1, -0.05) is 0 Å². The fourth-order valence-corrected chi connectivity index (χ4v) is 2.94. The maximum Gasteiger partial charge on any atom is 0.222 e. The summed E-state index contributed by atoms with van der Waals surface area (Å²) in [5.41, 5.74) is 0. The monoisotopic (exact) mass is 286 g/mol. The van der Waals surface area contributed by atoms with Crippen LogP contribution in [-0.2, 0) is 14.3 Å². The zero-order valence-corrected chi connectivity index (χ0v) is 12.7. The molecule has 2 saturated heterocycles. The first-order chi connectivity index (χ1) is 9.36.